The summed E-state index contributed by atoms with van der Waals surface area (Å²) in [6, 6.07) is 0. The van der Waals surface area contributed by atoms with Crippen molar-refractivity contribution >= 4 is 17.6 Å². The smallest absolute Gasteiger partial charge is 0.109 e. The molecule has 1 aromatic heterocycles. The molecule has 2 nitrogen and oxygen atoms in total. The Morgan fingerprint density at radius 3 is 2.70 bits per heavy atom. The van der Waals surface area contributed by atoms with Crippen LogP contribution in [0.2, 0.25) is 0 Å². The minimum Gasteiger partial charge on any atom is -0.342 e. The van der Waals surface area contributed by atoms with E-state index in [1.807, 2.05) is 0 Å². The van der Waals surface area contributed by atoms with E-state index in [-0.39, 0.29) is 0 Å². The van der Waals surface area contributed by atoms with Crippen LogP contribution in [-0.2, 0) is 0 Å². The van der Waals surface area contributed by atoms with Gasteiger partial charge in [0.1, 0.15) is 5.82 Å². The van der Waals surface area contributed by atoms with Crippen LogP contribution < -0.4 is 0 Å². The van der Waals surface area contributed by atoms with Crippen molar-refractivity contribution in [1.29, 1.82) is 0 Å². The molecule has 0 spiro atoms. The first-order valence-corrected chi connectivity index (χ1v) is 3.71. The summed E-state index contributed by atoms with van der Waals surface area (Å²) in [5.41, 5.74) is 0.915. The van der Waals surface area contributed by atoms with Crippen molar-refractivity contribution < 1.29 is 0 Å². The third kappa shape index (κ3) is 1.42. The summed E-state index contributed by atoms with van der Waals surface area (Å²) in [4.78, 5) is 7.22. The van der Waals surface area contributed by atoms with E-state index in [9.17, 15) is 0 Å². The first-order valence-electron chi connectivity index (χ1n) is 3.24. The second kappa shape index (κ2) is 2.92. The highest BCUT2D eigenvalue weighted by molar-refractivity contribution is 7.79. The summed E-state index contributed by atoms with van der Waals surface area (Å²) in [5.74, 6) is 1.44. The second-order valence-electron chi connectivity index (χ2n) is 2.50. The molecule has 0 amide bonds. The molecular weight excluding hydrogens is 144 g/mol. The maximum atomic E-state index is 4.72. The number of nitrogens with zero attached hydrogens (tertiary/aromatic N) is 1. The topological polar surface area (TPSA) is 28.7 Å². The van der Waals surface area contributed by atoms with Crippen molar-refractivity contribution in [2.45, 2.75) is 19.8 Å². The Kier molecular flexibility index (Phi) is 2.17. The van der Waals surface area contributed by atoms with Gasteiger partial charge < -0.3 is 4.98 Å². The van der Waals surface area contributed by atoms with Crippen LogP contribution in [0.15, 0.2) is 6.20 Å². The van der Waals surface area contributed by atoms with Gasteiger partial charge in [-0.15, -0.1) is 0 Å². The van der Waals surface area contributed by atoms with E-state index < -0.39 is 0 Å². The van der Waals surface area contributed by atoms with Crippen molar-refractivity contribution in [1.82, 2.24) is 9.97 Å². The van der Waals surface area contributed by atoms with E-state index in [2.05, 4.69) is 23.8 Å². The fourth-order valence-corrected chi connectivity index (χ4v) is 0.825. The molecule has 0 bridgehead atoms. The van der Waals surface area contributed by atoms with Crippen LogP contribution in [-0.4, -0.2) is 15.3 Å². The number of aromatic amines is 1. The minimum absolute atomic E-state index is 0.448. The molecule has 0 saturated carbocycles. The maximum absolute atomic E-state index is 4.72. The third-order valence-corrected chi connectivity index (χ3v) is 1.54. The summed E-state index contributed by atoms with van der Waals surface area (Å²) in [7, 11) is 0. The van der Waals surface area contributed by atoms with Gasteiger partial charge in [-0.05, 0) is 0 Å². The van der Waals surface area contributed by atoms with Gasteiger partial charge in [-0.3, -0.25) is 0 Å². The molecule has 0 aliphatic rings. The number of thiocarbonyl (C=S) groups is 1. The number of hydrogen-bond acceptors (Lipinski definition) is 2. The van der Waals surface area contributed by atoms with E-state index in [4.69, 9.17) is 12.2 Å². The average molecular weight is 154 g/mol. The van der Waals surface area contributed by atoms with E-state index in [1.54, 1.807) is 11.6 Å². The second-order valence-corrected chi connectivity index (χ2v) is 2.73. The average Bonchev–Trinajstić information content (AvgIpc) is 2.34. The number of hydrogen-bond donors (Lipinski definition) is 1. The first kappa shape index (κ1) is 7.41. The van der Waals surface area contributed by atoms with Gasteiger partial charge in [0.25, 0.3) is 0 Å². The fraction of sp³-hybridized carbons (Fsp3) is 0.429. The minimum atomic E-state index is 0.448. The zero-order valence-electron chi connectivity index (χ0n) is 6.09. The molecule has 0 fully saturated rings. The molecule has 1 N–H and O–H groups in total. The van der Waals surface area contributed by atoms with Gasteiger partial charge in [-0.1, -0.05) is 26.1 Å². The lowest BCUT2D eigenvalue weighted by Crippen LogP contribution is -1.89. The lowest BCUT2D eigenvalue weighted by Gasteiger charge is -1.95. The van der Waals surface area contributed by atoms with Crippen LogP contribution in [0.25, 0.3) is 0 Å². The summed E-state index contributed by atoms with van der Waals surface area (Å²) < 4.78 is 0. The first-order chi connectivity index (χ1) is 4.74. The Morgan fingerprint density at radius 1 is 1.70 bits per heavy atom. The highest BCUT2D eigenvalue weighted by atomic mass is 32.1. The standard InChI is InChI=1S/C7H10N2S/c1-5(2)7-8-3-6(4-10)9-7/h3-5H,1-2H3,(H,8,9). The monoisotopic (exact) mass is 154 g/mol. The van der Waals surface area contributed by atoms with Gasteiger partial charge in [-0.25, -0.2) is 4.98 Å². The van der Waals surface area contributed by atoms with Crippen LogP contribution in [0.1, 0.15) is 31.3 Å². The number of imidazole rings is 1. The highest BCUT2D eigenvalue weighted by Crippen LogP contribution is 2.08. The molecule has 0 atom stereocenters. The Hall–Kier alpha value is -0.700. The van der Waals surface area contributed by atoms with Crippen molar-refractivity contribution in [2.75, 3.05) is 0 Å². The molecule has 0 aliphatic heterocycles. The predicted molar refractivity (Wildman–Crippen MR) is 45.4 cm³/mol. The lowest BCUT2D eigenvalue weighted by atomic mass is 10.2. The molecular formula is C7H10N2S. The number of rotatable bonds is 2. The Labute approximate surface area is 65.7 Å². The van der Waals surface area contributed by atoms with E-state index in [0.717, 1.165) is 11.5 Å². The third-order valence-electron chi connectivity index (χ3n) is 1.29. The fourth-order valence-electron chi connectivity index (χ4n) is 0.705. The van der Waals surface area contributed by atoms with Crippen LogP contribution >= 0.6 is 12.2 Å². The quantitative estimate of drug-likeness (QED) is 0.659. The molecule has 0 saturated heterocycles. The molecule has 0 radical (unpaired) electrons. The molecule has 1 rings (SSSR count). The van der Waals surface area contributed by atoms with E-state index >= 15 is 0 Å². The molecule has 0 unspecified atom stereocenters. The highest BCUT2D eigenvalue weighted by Gasteiger charge is 2.01. The summed E-state index contributed by atoms with van der Waals surface area (Å²) in [5, 5.41) is 1.60. The number of nitrogens with one attached hydrogen (secondary N) is 1. The molecule has 54 valence electrons. The van der Waals surface area contributed by atoms with E-state index in [1.165, 1.54) is 0 Å². The number of H-pyrrole nitrogens is 1. The zero-order valence-corrected chi connectivity index (χ0v) is 6.90. The largest absolute Gasteiger partial charge is 0.342 e. The normalized spacial score (nSPS) is 10.3. The van der Waals surface area contributed by atoms with Gasteiger partial charge in [0, 0.05) is 11.3 Å². The van der Waals surface area contributed by atoms with Gasteiger partial charge in [0.05, 0.1) is 11.9 Å². The summed E-state index contributed by atoms with van der Waals surface area (Å²) in [6.45, 7) is 4.18. The Balaban J connectivity index is 2.88. The molecule has 1 aromatic rings. The van der Waals surface area contributed by atoms with Gasteiger partial charge in [0.2, 0.25) is 0 Å². The molecule has 3 heteroatoms. The predicted octanol–water partition coefficient (Wildman–Crippen LogP) is 1.88. The Bertz CT molecular complexity index is 227. The maximum Gasteiger partial charge on any atom is 0.109 e. The lowest BCUT2D eigenvalue weighted by molar-refractivity contribution is 0.794. The zero-order chi connectivity index (χ0) is 7.56. The van der Waals surface area contributed by atoms with Gasteiger partial charge >= 0.3 is 0 Å². The van der Waals surface area contributed by atoms with Crippen molar-refractivity contribution in [3.8, 4) is 0 Å². The summed E-state index contributed by atoms with van der Waals surface area (Å²) in [6.07, 6.45) is 1.75. The van der Waals surface area contributed by atoms with Crippen LogP contribution in [0.5, 0.6) is 0 Å². The number of aromatic nitrogens is 2. The van der Waals surface area contributed by atoms with Crippen LogP contribution in [0.4, 0.5) is 0 Å². The van der Waals surface area contributed by atoms with Gasteiger partial charge in [-0.2, -0.15) is 0 Å². The van der Waals surface area contributed by atoms with Gasteiger partial charge in [0.15, 0.2) is 0 Å². The van der Waals surface area contributed by atoms with Crippen molar-refractivity contribution in [3.05, 3.63) is 17.7 Å². The van der Waals surface area contributed by atoms with Crippen molar-refractivity contribution in [2.24, 2.45) is 0 Å². The van der Waals surface area contributed by atoms with Crippen molar-refractivity contribution in [3.63, 3.8) is 0 Å². The SMILES string of the molecule is CC(C)c1ncc(C=S)[nH]1. The molecule has 1 heterocycles. The van der Waals surface area contributed by atoms with Crippen LogP contribution in [0.3, 0.4) is 0 Å². The Morgan fingerprint density at radius 2 is 2.40 bits per heavy atom. The van der Waals surface area contributed by atoms with Crippen LogP contribution in [0, 0.1) is 0 Å². The summed E-state index contributed by atoms with van der Waals surface area (Å²) >= 11 is 4.72. The molecule has 0 aliphatic carbocycles. The van der Waals surface area contributed by atoms with E-state index in [0.29, 0.717) is 5.92 Å². The molecule has 10 heavy (non-hydrogen) atoms. The molecule has 0 aromatic carbocycles.